The molecule has 0 aliphatic rings. The zero-order valence-electron chi connectivity index (χ0n) is 9.70. The highest BCUT2D eigenvalue weighted by Gasteiger charge is 2.12. The second-order valence-electron chi connectivity index (χ2n) is 3.32. The van der Waals surface area contributed by atoms with Gasteiger partial charge < -0.3 is 10.2 Å². The highest BCUT2D eigenvalue weighted by atomic mass is 35.5. The number of aromatic nitrogens is 2. The minimum absolute atomic E-state index is 0.105. The number of rotatable bonds is 5. The van der Waals surface area contributed by atoms with Crippen molar-refractivity contribution < 1.29 is 4.79 Å². The van der Waals surface area contributed by atoms with Gasteiger partial charge in [0.05, 0.1) is 12.7 Å². The van der Waals surface area contributed by atoms with Crippen molar-refractivity contribution in [3.8, 4) is 0 Å². The predicted octanol–water partition coefficient (Wildman–Crippen LogP) is -0.0121. The van der Waals surface area contributed by atoms with Crippen LogP contribution < -0.4 is 21.5 Å². The lowest BCUT2D eigenvalue weighted by Gasteiger charge is -2.18. The quantitative estimate of drug-likeness (QED) is 0.508. The summed E-state index contributed by atoms with van der Waals surface area (Å²) in [6.45, 7) is 2.60. The molecule has 1 aromatic heterocycles. The maximum absolute atomic E-state index is 11.4. The summed E-state index contributed by atoms with van der Waals surface area (Å²) in [7, 11) is 1.71. The summed E-state index contributed by atoms with van der Waals surface area (Å²) in [5.41, 5.74) is 2.32. The molecule has 0 aliphatic carbocycles. The van der Waals surface area contributed by atoms with E-state index in [9.17, 15) is 4.79 Å². The first-order valence-electron chi connectivity index (χ1n) is 5.05. The second kappa shape index (κ2) is 6.21. The third-order valence-electron chi connectivity index (χ3n) is 1.97. The topological polar surface area (TPSA) is 96.2 Å². The summed E-state index contributed by atoms with van der Waals surface area (Å²) in [6.07, 6.45) is 1.42. The largest absolute Gasteiger partial charge is 0.355 e. The zero-order valence-corrected chi connectivity index (χ0v) is 10.5. The highest BCUT2D eigenvalue weighted by Crippen LogP contribution is 2.22. The van der Waals surface area contributed by atoms with Crippen LogP contribution in [0.2, 0.25) is 5.02 Å². The Kier molecular flexibility index (Phi) is 4.92. The number of hydrogen-bond donors (Lipinski definition) is 3. The van der Waals surface area contributed by atoms with Gasteiger partial charge in [-0.05, 0) is 6.92 Å². The number of nitrogens with one attached hydrogen (secondary N) is 2. The van der Waals surface area contributed by atoms with Gasteiger partial charge in [0, 0.05) is 13.6 Å². The molecule has 1 rings (SSSR count). The average Bonchev–Trinajstić information content (AvgIpc) is 2.29. The zero-order chi connectivity index (χ0) is 12.8. The van der Waals surface area contributed by atoms with Crippen LogP contribution in [0.3, 0.4) is 0 Å². The molecule has 0 spiro atoms. The first kappa shape index (κ1) is 13.5. The SMILES string of the molecule is CCNC(=O)CN(C)c1nc(NN)ncc1Cl. The first-order chi connectivity index (χ1) is 8.08. The van der Waals surface area contributed by atoms with Crippen molar-refractivity contribution >= 4 is 29.3 Å². The van der Waals surface area contributed by atoms with Crippen molar-refractivity contribution in [1.82, 2.24) is 15.3 Å². The van der Waals surface area contributed by atoms with E-state index in [0.29, 0.717) is 17.4 Å². The third-order valence-corrected chi connectivity index (χ3v) is 2.24. The first-order valence-corrected chi connectivity index (χ1v) is 5.43. The number of carbonyl (C=O) groups is 1. The van der Waals surface area contributed by atoms with Gasteiger partial charge in [0.1, 0.15) is 5.02 Å². The van der Waals surface area contributed by atoms with Gasteiger partial charge in [-0.15, -0.1) is 0 Å². The summed E-state index contributed by atoms with van der Waals surface area (Å²) >= 11 is 5.94. The number of nitrogen functional groups attached to an aromatic ring is 1. The summed E-state index contributed by atoms with van der Waals surface area (Å²) in [4.78, 5) is 21.0. The standard InChI is InChI=1S/C9H15ClN6O/c1-3-12-7(17)5-16(2)8-6(10)4-13-9(14-8)15-11/h4H,3,5,11H2,1-2H3,(H,12,17)(H,13,14,15). The van der Waals surface area contributed by atoms with E-state index in [1.54, 1.807) is 11.9 Å². The molecule has 0 aromatic carbocycles. The van der Waals surface area contributed by atoms with Gasteiger partial charge >= 0.3 is 0 Å². The molecule has 1 amide bonds. The molecule has 94 valence electrons. The van der Waals surface area contributed by atoms with Crippen LogP contribution >= 0.6 is 11.6 Å². The maximum Gasteiger partial charge on any atom is 0.239 e. The van der Waals surface area contributed by atoms with Crippen LogP contribution in [0.4, 0.5) is 11.8 Å². The van der Waals surface area contributed by atoms with Crippen LogP contribution in [0.15, 0.2) is 6.20 Å². The Labute approximate surface area is 104 Å². The van der Waals surface area contributed by atoms with Crippen LogP contribution in [0.25, 0.3) is 0 Å². The molecule has 0 saturated carbocycles. The second-order valence-corrected chi connectivity index (χ2v) is 3.73. The Morgan fingerprint density at radius 2 is 2.35 bits per heavy atom. The van der Waals surface area contributed by atoms with E-state index in [0.717, 1.165) is 0 Å². The number of likely N-dealkylation sites (N-methyl/N-ethyl adjacent to an activating group) is 2. The highest BCUT2D eigenvalue weighted by molar-refractivity contribution is 6.32. The Hall–Kier alpha value is -1.60. The van der Waals surface area contributed by atoms with Crippen LogP contribution in [0.1, 0.15) is 6.92 Å². The molecule has 17 heavy (non-hydrogen) atoms. The van der Waals surface area contributed by atoms with E-state index < -0.39 is 0 Å². The molecule has 7 nitrogen and oxygen atoms in total. The van der Waals surface area contributed by atoms with Gasteiger partial charge in [-0.1, -0.05) is 11.6 Å². The summed E-state index contributed by atoms with van der Waals surface area (Å²) in [5, 5.41) is 3.04. The van der Waals surface area contributed by atoms with Crippen LogP contribution in [0.5, 0.6) is 0 Å². The number of carbonyl (C=O) groups excluding carboxylic acids is 1. The molecule has 1 aromatic rings. The van der Waals surface area contributed by atoms with Gasteiger partial charge in [-0.3, -0.25) is 10.2 Å². The van der Waals surface area contributed by atoms with Crippen LogP contribution in [-0.4, -0.2) is 36.0 Å². The molecular weight excluding hydrogens is 244 g/mol. The minimum Gasteiger partial charge on any atom is -0.355 e. The molecule has 0 saturated heterocycles. The predicted molar refractivity (Wildman–Crippen MR) is 66.8 cm³/mol. The number of anilines is 2. The van der Waals surface area contributed by atoms with Crippen LogP contribution in [0, 0.1) is 0 Å². The summed E-state index contributed by atoms with van der Waals surface area (Å²) in [5.74, 6) is 5.79. The Bertz CT molecular complexity index is 399. The van der Waals surface area contributed by atoms with Gasteiger partial charge in [0.25, 0.3) is 0 Å². The Morgan fingerprint density at radius 1 is 1.65 bits per heavy atom. The fourth-order valence-electron chi connectivity index (χ4n) is 1.24. The van der Waals surface area contributed by atoms with E-state index in [2.05, 4.69) is 20.7 Å². The number of nitrogens with zero attached hydrogens (tertiary/aromatic N) is 3. The third kappa shape index (κ3) is 3.72. The molecule has 8 heteroatoms. The van der Waals surface area contributed by atoms with Crippen molar-refractivity contribution in [3.63, 3.8) is 0 Å². The monoisotopic (exact) mass is 258 g/mol. The summed E-state index contributed by atoms with van der Waals surface area (Å²) in [6, 6.07) is 0. The fraction of sp³-hybridized carbons (Fsp3) is 0.444. The van der Waals surface area contributed by atoms with E-state index in [1.807, 2.05) is 6.92 Å². The maximum atomic E-state index is 11.4. The number of nitrogens with two attached hydrogens (primary N) is 1. The van der Waals surface area contributed by atoms with Gasteiger partial charge in [0.2, 0.25) is 11.9 Å². The Morgan fingerprint density at radius 3 is 2.94 bits per heavy atom. The lowest BCUT2D eigenvalue weighted by Crippen LogP contribution is -2.35. The molecule has 4 N–H and O–H groups in total. The van der Waals surface area contributed by atoms with E-state index in [1.165, 1.54) is 6.20 Å². The van der Waals surface area contributed by atoms with E-state index >= 15 is 0 Å². The number of hydrogen-bond acceptors (Lipinski definition) is 6. The number of amides is 1. The summed E-state index contributed by atoms with van der Waals surface area (Å²) < 4.78 is 0. The molecule has 1 heterocycles. The van der Waals surface area contributed by atoms with Crippen molar-refractivity contribution in [1.29, 1.82) is 0 Å². The van der Waals surface area contributed by atoms with Crippen LogP contribution in [-0.2, 0) is 4.79 Å². The molecule has 0 bridgehead atoms. The lowest BCUT2D eigenvalue weighted by molar-refractivity contribution is -0.119. The lowest BCUT2D eigenvalue weighted by atomic mass is 10.4. The number of halogens is 1. The minimum atomic E-state index is -0.105. The van der Waals surface area contributed by atoms with E-state index in [-0.39, 0.29) is 18.4 Å². The number of hydrazine groups is 1. The smallest absolute Gasteiger partial charge is 0.239 e. The molecule has 0 aliphatic heterocycles. The molecule has 0 atom stereocenters. The van der Waals surface area contributed by atoms with Crippen molar-refractivity contribution in [3.05, 3.63) is 11.2 Å². The van der Waals surface area contributed by atoms with E-state index in [4.69, 9.17) is 17.4 Å². The molecular formula is C9H15ClN6O. The molecule has 0 radical (unpaired) electrons. The molecule has 0 fully saturated rings. The fourth-order valence-corrected chi connectivity index (χ4v) is 1.47. The normalized spacial score (nSPS) is 9.88. The van der Waals surface area contributed by atoms with Gasteiger partial charge in [0.15, 0.2) is 5.82 Å². The van der Waals surface area contributed by atoms with Gasteiger partial charge in [-0.2, -0.15) is 4.98 Å². The van der Waals surface area contributed by atoms with Crippen molar-refractivity contribution in [2.24, 2.45) is 5.84 Å². The average molecular weight is 259 g/mol. The Balaban J connectivity index is 2.80. The van der Waals surface area contributed by atoms with Crippen molar-refractivity contribution in [2.75, 3.05) is 30.5 Å². The van der Waals surface area contributed by atoms with Gasteiger partial charge in [-0.25, -0.2) is 10.8 Å². The molecule has 0 unspecified atom stereocenters. The van der Waals surface area contributed by atoms with Crippen molar-refractivity contribution in [2.45, 2.75) is 6.92 Å².